The zero-order valence-electron chi connectivity index (χ0n) is 17.0. The number of hydrogen-bond donors (Lipinski definition) is 2. The molecule has 2 atom stereocenters. The van der Waals surface area contributed by atoms with E-state index in [-0.39, 0.29) is 24.2 Å². The molecular weight excluding hydrogens is 358 g/mol. The van der Waals surface area contributed by atoms with E-state index in [1.807, 2.05) is 13.0 Å². The fourth-order valence-electron chi connectivity index (χ4n) is 3.86. The third kappa shape index (κ3) is 3.99. The van der Waals surface area contributed by atoms with E-state index in [1.165, 1.54) is 6.42 Å². The molecule has 1 saturated heterocycles. The van der Waals surface area contributed by atoms with Crippen molar-refractivity contribution in [3.8, 4) is 5.75 Å². The van der Waals surface area contributed by atoms with Crippen LogP contribution in [0.25, 0.3) is 10.9 Å². The van der Waals surface area contributed by atoms with Crippen LogP contribution in [0.1, 0.15) is 50.5 Å². The van der Waals surface area contributed by atoms with Crippen molar-refractivity contribution in [2.75, 3.05) is 25.6 Å². The second-order valence-corrected chi connectivity index (χ2v) is 7.25. The van der Waals surface area contributed by atoms with E-state index in [1.54, 1.807) is 26.2 Å². The Kier molecular flexibility index (Phi) is 6.24. The largest absolute Gasteiger partial charge is 0.497 e. The Morgan fingerprint density at radius 3 is 2.82 bits per heavy atom. The van der Waals surface area contributed by atoms with Gasteiger partial charge in [-0.25, -0.2) is 4.79 Å². The number of amides is 1. The molecule has 3 rings (SSSR count). The predicted octanol–water partition coefficient (Wildman–Crippen LogP) is 3.55. The van der Waals surface area contributed by atoms with Crippen molar-refractivity contribution in [1.82, 2.24) is 9.88 Å². The van der Waals surface area contributed by atoms with E-state index in [4.69, 9.17) is 9.47 Å². The van der Waals surface area contributed by atoms with Crippen LogP contribution in [0.15, 0.2) is 18.2 Å². The van der Waals surface area contributed by atoms with Crippen molar-refractivity contribution in [1.29, 1.82) is 0 Å². The maximum absolute atomic E-state index is 13.0. The first kappa shape index (κ1) is 20.2. The van der Waals surface area contributed by atoms with Gasteiger partial charge in [0.25, 0.3) is 0 Å². The molecule has 1 fully saturated rings. The molecular formula is C21H29N3O4. The molecule has 1 amide bonds. The summed E-state index contributed by atoms with van der Waals surface area (Å²) < 4.78 is 10.5. The second-order valence-electron chi connectivity index (χ2n) is 7.25. The summed E-state index contributed by atoms with van der Waals surface area (Å²) in [6.45, 7) is 6.98. The SMILES string of the molecule is CCOC(=O)c1[nH]c2ccc(OC)cc2c1NC(=O)[C@H](C)N1CCCC[C@H]1C. The number of ether oxygens (including phenoxy) is 2. The number of methoxy groups -OCH3 is 1. The van der Waals surface area contributed by atoms with Gasteiger partial charge in [0.2, 0.25) is 5.91 Å². The van der Waals surface area contributed by atoms with Crippen LogP contribution < -0.4 is 10.1 Å². The van der Waals surface area contributed by atoms with Gasteiger partial charge < -0.3 is 19.8 Å². The smallest absolute Gasteiger partial charge is 0.356 e. The van der Waals surface area contributed by atoms with Gasteiger partial charge in [0.05, 0.1) is 25.4 Å². The van der Waals surface area contributed by atoms with Crippen molar-refractivity contribution in [3.63, 3.8) is 0 Å². The van der Waals surface area contributed by atoms with E-state index in [9.17, 15) is 9.59 Å². The molecule has 0 radical (unpaired) electrons. The molecule has 0 saturated carbocycles. The number of esters is 1. The number of aromatic nitrogens is 1. The van der Waals surface area contributed by atoms with E-state index in [0.717, 1.165) is 30.3 Å². The summed E-state index contributed by atoms with van der Waals surface area (Å²) in [5.41, 5.74) is 1.42. The number of carbonyl (C=O) groups is 2. The van der Waals surface area contributed by atoms with Crippen LogP contribution in [-0.4, -0.2) is 54.1 Å². The number of benzene rings is 1. The summed E-state index contributed by atoms with van der Waals surface area (Å²) >= 11 is 0. The summed E-state index contributed by atoms with van der Waals surface area (Å²) in [4.78, 5) is 30.8. The first-order chi connectivity index (χ1) is 13.5. The van der Waals surface area contributed by atoms with Crippen molar-refractivity contribution >= 4 is 28.5 Å². The minimum absolute atomic E-state index is 0.136. The fourth-order valence-corrected chi connectivity index (χ4v) is 3.86. The van der Waals surface area contributed by atoms with Crippen molar-refractivity contribution < 1.29 is 19.1 Å². The number of aromatic amines is 1. The van der Waals surface area contributed by atoms with Crippen LogP contribution in [-0.2, 0) is 9.53 Å². The van der Waals surface area contributed by atoms with Crippen molar-refractivity contribution in [2.45, 2.75) is 52.1 Å². The first-order valence-corrected chi connectivity index (χ1v) is 9.89. The number of nitrogens with zero attached hydrogens (tertiary/aromatic N) is 1. The van der Waals surface area contributed by atoms with Gasteiger partial charge >= 0.3 is 5.97 Å². The molecule has 0 spiro atoms. The molecule has 2 heterocycles. The molecule has 0 bridgehead atoms. The summed E-state index contributed by atoms with van der Waals surface area (Å²) in [6.07, 6.45) is 3.39. The molecule has 28 heavy (non-hydrogen) atoms. The molecule has 0 unspecified atom stereocenters. The predicted molar refractivity (Wildman–Crippen MR) is 109 cm³/mol. The van der Waals surface area contributed by atoms with E-state index < -0.39 is 5.97 Å². The van der Waals surface area contributed by atoms with Crippen LogP contribution in [0.4, 0.5) is 5.69 Å². The van der Waals surface area contributed by atoms with Gasteiger partial charge in [0.1, 0.15) is 11.4 Å². The number of piperidine rings is 1. The molecule has 2 aromatic rings. The fraction of sp³-hybridized carbons (Fsp3) is 0.524. The van der Waals surface area contributed by atoms with Crippen molar-refractivity contribution in [3.05, 3.63) is 23.9 Å². The lowest BCUT2D eigenvalue weighted by Crippen LogP contribution is -2.49. The van der Waals surface area contributed by atoms with Gasteiger partial charge in [-0.05, 0) is 58.4 Å². The van der Waals surface area contributed by atoms with E-state index in [2.05, 4.69) is 22.1 Å². The van der Waals surface area contributed by atoms with E-state index >= 15 is 0 Å². The summed E-state index contributed by atoms with van der Waals surface area (Å²) in [5.74, 6) is 0.0186. The average molecular weight is 387 g/mol. The maximum atomic E-state index is 13.0. The Morgan fingerprint density at radius 2 is 2.14 bits per heavy atom. The maximum Gasteiger partial charge on any atom is 0.356 e. The standard InChI is InChI=1S/C21H29N3O4/c1-5-28-21(26)19-18(16-12-15(27-4)9-10-17(16)22-19)23-20(25)14(3)24-11-7-6-8-13(24)2/h9-10,12-14,22H,5-8,11H2,1-4H3,(H,23,25)/t13-,14+/m1/s1. The molecule has 7 nitrogen and oxygen atoms in total. The Hall–Kier alpha value is -2.54. The lowest BCUT2D eigenvalue weighted by Gasteiger charge is -2.37. The normalized spacial score (nSPS) is 18.6. The summed E-state index contributed by atoms with van der Waals surface area (Å²) in [7, 11) is 1.58. The van der Waals surface area contributed by atoms with Crippen LogP contribution in [0.2, 0.25) is 0 Å². The Balaban J connectivity index is 1.94. The van der Waals surface area contributed by atoms with Gasteiger partial charge in [-0.3, -0.25) is 9.69 Å². The number of H-pyrrole nitrogens is 1. The van der Waals surface area contributed by atoms with Gasteiger partial charge in [0, 0.05) is 16.9 Å². The highest BCUT2D eigenvalue weighted by molar-refractivity contribution is 6.12. The minimum Gasteiger partial charge on any atom is -0.497 e. The minimum atomic E-state index is -0.494. The van der Waals surface area contributed by atoms with Gasteiger partial charge in [-0.2, -0.15) is 0 Å². The Morgan fingerprint density at radius 1 is 1.36 bits per heavy atom. The highest BCUT2D eigenvalue weighted by atomic mass is 16.5. The third-order valence-corrected chi connectivity index (χ3v) is 5.46. The number of fused-ring (bicyclic) bond motifs is 1. The topological polar surface area (TPSA) is 83.7 Å². The van der Waals surface area contributed by atoms with Gasteiger partial charge in [-0.15, -0.1) is 0 Å². The summed E-state index contributed by atoms with van der Waals surface area (Å²) in [6, 6.07) is 5.50. The van der Waals surface area contributed by atoms with Gasteiger partial charge in [0.15, 0.2) is 0 Å². The summed E-state index contributed by atoms with van der Waals surface area (Å²) in [5, 5.41) is 3.69. The lowest BCUT2D eigenvalue weighted by molar-refractivity contribution is -0.122. The first-order valence-electron chi connectivity index (χ1n) is 9.89. The lowest BCUT2D eigenvalue weighted by atomic mass is 10.0. The highest BCUT2D eigenvalue weighted by Crippen LogP contribution is 2.32. The van der Waals surface area contributed by atoms with Crippen LogP contribution >= 0.6 is 0 Å². The Bertz CT molecular complexity index is 861. The molecule has 1 aliphatic rings. The zero-order valence-corrected chi connectivity index (χ0v) is 17.0. The number of likely N-dealkylation sites (tertiary alicyclic amines) is 1. The monoisotopic (exact) mass is 387 g/mol. The third-order valence-electron chi connectivity index (χ3n) is 5.46. The van der Waals surface area contributed by atoms with Crippen LogP contribution in [0.5, 0.6) is 5.75 Å². The number of hydrogen-bond acceptors (Lipinski definition) is 5. The number of carbonyl (C=O) groups excluding carboxylic acids is 2. The molecule has 1 aliphatic heterocycles. The average Bonchev–Trinajstić information content (AvgIpc) is 3.05. The van der Waals surface area contributed by atoms with Crippen LogP contribution in [0, 0.1) is 0 Å². The quantitative estimate of drug-likeness (QED) is 0.741. The number of rotatable bonds is 6. The number of nitrogens with one attached hydrogen (secondary N) is 2. The highest BCUT2D eigenvalue weighted by Gasteiger charge is 2.29. The number of anilines is 1. The molecule has 2 N–H and O–H groups in total. The van der Waals surface area contributed by atoms with Crippen molar-refractivity contribution in [2.24, 2.45) is 0 Å². The Labute approximate surface area is 165 Å². The molecule has 152 valence electrons. The molecule has 7 heteroatoms. The molecule has 1 aromatic carbocycles. The molecule has 0 aliphatic carbocycles. The van der Waals surface area contributed by atoms with Crippen LogP contribution in [0.3, 0.4) is 0 Å². The van der Waals surface area contributed by atoms with E-state index in [0.29, 0.717) is 17.5 Å². The van der Waals surface area contributed by atoms with Gasteiger partial charge in [-0.1, -0.05) is 6.42 Å². The zero-order chi connectivity index (χ0) is 20.3. The molecule has 1 aromatic heterocycles. The second kappa shape index (κ2) is 8.65.